The van der Waals surface area contributed by atoms with Crippen molar-refractivity contribution in [1.29, 1.82) is 5.26 Å². The first-order valence-corrected chi connectivity index (χ1v) is 9.54. The quantitative estimate of drug-likeness (QED) is 0.718. The lowest BCUT2D eigenvalue weighted by Gasteiger charge is -2.07. The fraction of sp³-hybridized carbons (Fsp3) is 0.250. The Labute approximate surface area is 166 Å². The van der Waals surface area contributed by atoms with Crippen LogP contribution in [0.5, 0.6) is 0 Å². The number of aromatic nitrogens is 3. The topological polar surface area (TPSA) is 101 Å². The number of nitrogens with one attached hydrogen (secondary N) is 1. The van der Waals surface area contributed by atoms with Crippen molar-refractivity contribution < 1.29 is 4.79 Å². The second kappa shape index (κ2) is 8.15. The first-order chi connectivity index (χ1) is 13.4. The van der Waals surface area contributed by atoms with Gasteiger partial charge in [-0.05, 0) is 38.0 Å². The number of rotatable bonds is 5. The highest BCUT2D eigenvalue weighted by Gasteiger charge is 2.14. The Morgan fingerprint density at radius 2 is 2.04 bits per heavy atom. The Morgan fingerprint density at radius 3 is 2.75 bits per heavy atom. The molecule has 2 aromatic heterocycles. The molecular formula is C20H19N5O2S. The van der Waals surface area contributed by atoms with Crippen LogP contribution in [0.4, 0.5) is 5.69 Å². The minimum absolute atomic E-state index is 0.0977. The first-order valence-electron chi connectivity index (χ1n) is 8.66. The second-order valence-electron chi connectivity index (χ2n) is 6.43. The van der Waals surface area contributed by atoms with E-state index in [0.717, 1.165) is 11.3 Å². The third-order valence-electron chi connectivity index (χ3n) is 4.39. The molecule has 142 valence electrons. The molecule has 0 atom stereocenters. The SMILES string of the molecule is Cc1ccccc1NC(=O)Cc1nc(Cn2nc(C)c(C)c(C#N)c2=O)cs1. The normalized spacial score (nSPS) is 10.5. The summed E-state index contributed by atoms with van der Waals surface area (Å²) >= 11 is 1.35. The molecule has 0 fully saturated rings. The predicted octanol–water partition coefficient (Wildman–Crippen LogP) is 2.73. The Balaban J connectivity index is 1.72. The van der Waals surface area contributed by atoms with Crippen LogP contribution < -0.4 is 10.9 Å². The molecule has 0 aliphatic heterocycles. The molecule has 28 heavy (non-hydrogen) atoms. The number of para-hydroxylation sites is 1. The smallest absolute Gasteiger partial charge is 0.285 e. The third kappa shape index (κ3) is 4.15. The molecule has 2 heterocycles. The molecular weight excluding hydrogens is 374 g/mol. The highest BCUT2D eigenvalue weighted by molar-refractivity contribution is 7.09. The first kappa shape index (κ1) is 19.5. The van der Waals surface area contributed by atoms with Gasteiger partial charge in [0.25, 0.3) is 5.56 Å². The van der Waals surface area contributed by atoms with Gasteiger partial charge in [0.1, 0.15) is 16.6 Å². The van der Waals surface area contributed by atoms with E-state index in [9.17, 15) is 14.9 Å². The molecule has 0 radical (unpaired) electrons. The van der Waals surface area contributed by atoms with E-state index in [1.165, 1.54) is 16.0 Å². The molecule has 1 aromatic carbocycles. The lowest BCUT2D eigenvalue weighted by atomic mass is 10.1. The van der Waals surface area contributed by atoms with Gasteiger partial charge in [-0.25, -0.2) is 9.67 Å². The van der Waals surface area contributed by atoms with E-state index in [1.807, 2.05) is 37.3 Å². The maximum Gasteiger partial charge on any atom is 0.285 e. The Kier molecular flexibility index (Phi) is 5.66. The average Bonchev–Trinajstić information content (AvgIpc) is 3.09. The van der Waals surface area contributed by atoms with Crippen LogP contribution in [0.3, 0.4) is 0 Å². The highest BCUT2D eigenvalue weighted by Crippen LogP contribution is 2.16. The summed E-state index contributed by atoms with van der Waals surface area (Å²) in [6.45, 7) is 5.56. The fourth-order valence-electron chi connectivity index (χ4n) is 2.71. The van der Waals surface area contributed by atoms with Gasteiger partial charge in [0.15, 0.2) is 0 Å². The van der Waals surface area contributed by atoms with Crippen molar-refractivity contribution in [2.45, 2.75) is 33.7 Å². The molecule has 1 amide bonds. The van der Waals surface area contributed by atoms with Crippen LogP contribution >= 0.6 is 11.3 Å². The molecule has 0 bridgehead atoms. The summed E-state index contributed by atoms with van der Waals surface area (Å²) in [6, 6.07) is 9.51. The standard InChI is InChI=1S/C20H19N5O2S/c1-12-6-4-5-7-17(12)23-18(26)8-19-22-15(11-28-19)10-25-20(27)16(9-21)13(2)14(3)24-25/h4-7,11H,8,10H2,1-3H3,(H,23,26). The Morgan fingerprint density at radius 1 is 1.29 bits per heavy atom. The van der Waals surface area contributed by atoms with Crippen LogP contribution in [0.15, 0.2) is 34.4 Å². The van der Waals surface area contributed by atoms with Gasteiger partial charge in [0.05, 0.1) is 24.4 Å². The number of amides is 1. The van der Waals surface area contributed by atoms with Gasteiger partial charge in [-0.15, -0.1) is 11.3 Å². The van der Waals surface area contributed by atoms with Gasteiger partial charge >= 0.3 is 0 Å². The van der Waals surface area contributed by atoms with Crippen LogP contribution in [0.1, 0.15) is 33.1 Å². The van der Waals surface area contributed by atoms with Crippen molar-refractivity contribution in [1.82, 2.24) is 14.8 Å². The van der Waals surface area contributed by atoms with Crippen LogP contribution in [-0.2, 0) is 17.8 Å². The molecule has 0 saturated carbocycles. The molecule has 0 spiro atoms. The number of nitrogens with zero attached hydrogens (tertiary/aromatic N) is 4. The number of carbonyl (C=O) groups is 1. The molecule has 7 nitrogen and oxygen atoms in total. The summed E-state index contributed by atoms with van der Waals surface area (Å²) in [5, 5.41) is 18.8. The number of benzene rings is 1. The molecule has 0 aliphatic rings. The van der Waals surface area contributed by atoms with Gasteiger partial charge in [-0.1, -0.05) is 18.2 Å². The van der Waals surface area contributed by atoms with Crippen LogP contribution in [0, 0.1) is 32.1 Å². The van der Waals surface area contributed by atoms with Crippen molar-refractivity contribution >= 4 is 22.9 Å². The monoisotopic (exact) mass is 393 g/mol. The number of hydrogen-bond acceptors (Lipinski definition) is 6. The van der Waals surface area contributed by atoms with Crippen LogP contribution in [-0.4, -0.2) is 20.7 Å². The van der Waals surface area contributed by atoms with Gasteiger partial charge in [0.2, 0.25) is 5.91 Å². The van der Waals surface area contributed by atoms with Gasteiger partial charge in [-0.3, -0.25) is 9.59 Å². The maximum absolute atomic E-state index is 12.4. The maximum atomic E-state index is 12.4. The highest BCUT2D eigenvalue weighted by atomic mass is 32.1. The molecule has 3 aromatic rings. The summed E-state index contributed by atoms with van der Waals surface area (Å²) in [7, 11) is 0. The number of aryl methyl sites for hydroxylation is 2. The summed E-state index contributed by atoms with van der Waals surface area (Å²) in [4.78, 5) is 29.1. The lowest BCUT2D eigenvalue weighted by Crippen LogP contribution is -2.28. The second-order valence-corrected chi connectivity index (χ2v) is 7.38. The molecule has 3 rings (SSSR count). The lowest BCUT2D eigenvalue weighted by molar-refractivity contribution is -0.115. The fourth-order valence-corrected chi connectivity index (χ4v) is 3.50. The van der Waals surface area contributed by atoms with E-state index in [1.54, 1.807) is 19.2 Å². The van der Waals surface area contributed by atoms with E-state index < -0.39 is 5.56 Å². The van der Waals surface area contributed by atoms with Gasteiger partial charge in [0, 0.05) is 11.1 Å². The minimum atomic E-state index is -0.433. The molecule has 8 heteroatoms. The van der Waals surface area contributed by atoms with E-state index >= 15 is 0 Å². The van der Waals surface area contributed by atoms with E-state index in [-0.39, 0.29) is 24.4 Å². The number of hydrogen-bond donors (Lipinski definition) is 1. The summed E-state index contributed by atoms with van der Waals surface area (Å²) in [6.07, 6.45) is 0.150. The van der Waals surface area contributed by atoms with E-state index in [2.05, 4.69) is 15.4 Å². The Hall–Kier alpha value is -3.31. The van der Waals surface area contributed by atoms with Crippen LogP contribution in [0.2, 0.25) is 0 Å². The van der Waals surface area contributed by atoms with Crippen molar-refractivity contribution in [3.05, 3.63) is 73.1 Å². The van der Waals surface area contributed by atoms with E-state index in [4.69, 9.17) is 0 Å². The van der Waals surface area contributed by atoms with Crippen LogP contribution in [0.25, 0.3) is 0 Å². The van der Waals surface area contributed by atoms with Crippen molar-refractivity contribution in [3.63, 3.8) is 0 Å². The molecule has 0 aliphatic carbocycles. The van der Waals surface area contributed by atoms with Crippen molar-refractivity contribution in [2.24, 2.45) is 0 Å². The minimum Gasteiger partial charge on any atom is -0.325 e. The summed E-state index contributed by atoms with van der Waals surface area (Å²) in [5.74, 6) is -0.150. The molecule has 0 unspecified atom stereocenters. The van der Waals surface area contributed by atoms with Gasteiger partial charge in [-0.2, -0.15) is 10.4 Å². The zero-order chi connectivity index (χ0) is 20.3. The summed E-state index contributed by atoms with van der Waals surface area (Å²) in [5.41, 5.74) is 3.28. The van der Waals surface area contributed by atoms with E-state index in [0.29, 0.717) is 22.0 Å². The predicted molar refractivity (Wildman–Crippen MR) is 107 cm³/mol. The van der Waals surface area contributed by atoms with Crippen molar-refractivity contribution in [3.8, 4) is 6.07 Å². The zero-order valence-electron chi connectivity index (χ0n) is 15.8. The number of carbonyl (C=O) groups excluding carboxylic acids is 1. The summed E-state index contributed by atoms with van der Waals surface area (Å²) < 4.78 is 1.24. The Bertz CT molecular complexity index is 1140. The largest absolute Gasteiger partial charge is 0.325 e. The molecule has 1 N–H and O–H groups in total. The zero-order valence-corrected chi connectivity index (χ0v) is 16.6. The van der Waals surface area contributed by atoms with Crippen molar-refractivity contribution in [2.75, 3.05) is 5.32 Å². The number of thiazole rings is 1. The third-order valence-corrected chi connectivity index (χ3v) is 5.29. The molecule has 0 saturated heterocycles. The van der Waals surface area contributed by atoms with Gasteiger partial charge < -0.3 is 5.32 Å². The average molecular weight is 393 g/mol. The number of nitriles is 1. The number of anilines is 1.